The molecule has 0 amide bonds. The lowest BCUT2D eigenvalue weighted by atomic mass is 10.1. The fourth-order valence-corrected chi connectivity index (χ4v) is 3.11. The molecule has 1 aromatic carbocycles. The lowest BCUT2D eigenvalue weighted by Gasteiger charge is -2.21. The molecule has 96 valence electrons. The van der Waals surface area contributed by atoms with Gasteiger partial charge in [0.15, 0.2) is 0 Å². The lowest BCUT2D eigenvalue weighted by molar-refractivity contribution is 0.440. The van der Waals surface area contributed by atoms with Crippen molar-refractivity contribution in [3.05, 3.63) is 30.1 Å². The van der Waals surface area contributed by atoms with Gasteiger partial charge in [-0.05, 0) is 30.7 Å². The predicted octanol–water partition coefficient (Wildman–Crippen LogP) is 2.57. The van der Waals surface area contributed by atoms with Gasteiger partial charge in [-0.2, -0.15) is 0 Å². The molecule has 0 aliphatic carbocycles. The first kappa shape index (κ1) is 14.3. The van der Waals surface area contributed by atoms with Crippen LogP contribution in [0.15, 0.2) is 29.2 Å². The molecule has 1 rings (SSSR count). The molecule has 0 fully saturated rings. The number of hydrogen-bond acceptors (Lipinski definition) is 2. The summed E-state index contributed by atoms with van der Waals surface area (Å²) < 4.78 is 25.1. The van der Waals surface area contributed by atoms with Gasteiger partial charge in [0.05, 0.1) is 10.8 Å². The van der Waals surface area contributed by atoms with Crippen molar-refractivity contribution in [1.29, 1.82) is 0 Å². The molecule has 0 radical (unpaired) electrons. The van der Waals surface area contributed by atoms with Crippen LogP contribution >= 0.6 is 0 Å². The molecule has 0 aromatic heterocycles. The van der Waals surface area contributed by atoms with E-state index in [9.17, 15) is 8.60 Å². The Kier molecular flexibility index (Phi) is 5.78. The monoisotopic (exact) mass is 257 g/mol. The van der Waals surface area contributed by atoms with Gasteiger partial charge in [0.25, 0.3) is 0 Å². The summed E-state index contributed by atoms with van der Waals surface area (Å²) in [5.41, 5.74) is 0. The third-order valence-electron chi connectivity index (χ3n) is 2.66. The summed E-state index contributed by atoms with van der Waals surface area (Å²) in [6.07, 6.45) is 0. The number of rotatable bonds is 6. The van der Waals surface area contributed by atoms with E-state index in [-0.39, 0.29) is 11.9 Å². The molecule has 1 N–H and O–H groups in total. The second-order valence-corrected chi connectivity index (χ2v) is 5.87. The maximum absolute atomic E-state index is 13.0. The van der Waals surface area contributed by atoms with E-state index in [4.69, 9.17) is 0 Å². The molecule has 1 aromatic rings. The maximum atomic E-state index is 13.0. The zero-order valence-corrected chi connectivity index (χ0v) is 11.4. The first-order chi connectivity index (χ1) is 8.04. The normalized spacial score (nSPS) is 14.9. The first-order valence-electron chi connectivity index (χ1n) is 5.92. The minimum absolute atomic E-state index is 0.198. The van der Waals surface area contributed by atoms with Crippen molar-refractivity contribution >= 4 is 10.8 Å². The summed E-state index contributed by atoms with van der Waals surface area (Å²) in [5, 5.41) is 3.31. The Bertz CT molecular complexity index is 381. The van der Waals surface area contributed by atoms with Gasteiger partial charge in [-0.15, -0.1) is 0 Å². The van der Waals surface area contributed by atoms with Gasteiger partial charge in [-0.25, -0.2) is 4.39 Å². The van der Waals surface area contributed by atoms with Crippen LogP contribution in [0, 0.1) is 11.7 Å². The lowest BCUT2D eigenvalue weighted by Crippen LogP contribution is -2.38. The summed E-state index contributed by atoms with van der Waals surface area (Å²) in [4.78, 5) is 0.563. The Morgan fingerprint density at radius 1 is 1.41 bits per heavy atom. The number of hydrogen-bond donors (Lipinski definition) is 1. The summed E-state index contributed by atoms with van der Waals surface area (Å²) in [6, 6.07) is 6.22. The van der Waals surface area contributed by atoms with Gasteiger partial charge in [-0.1, -0.05) is 26.8 Å². The second-order valence-electron chi connectivity index (χ2n) is 4.38. The topological polar surface area (TPSA) is 29.1 Å². The first-order valence-corrected chi connectivity index (χ1v) is 7.23. The van der Waals surface area contributed by atoms with Crippen LogP contribution in [-0.4, -0.2) is 22.5 Å². The Hall–Kier alpha value is -0.740. The summed E-state index contributed by atoms with van der Waals surface area (Å²) in [5.74, 6) is 0.599. The molecular formula is C13H20FNOS. The zero-order chi connectivity index (χ0) is 12.8. The Balaban J connectivity index is 2.70. The van der Waals surface area contributed by atoms with Crippen LogP contribution in [-0.2, 0) is 10.8 Å². The third kappa shape index (κ3) is 4.56. The van der Waals surface area contributed by atoms with Crippen molar-refractivity contribution in [2.75, 3.05) is 12.3 Å². The van der Waals surface area contributed by atoms with Crippen LogP contribution in [0.5, 0.6) is 0 Å². The Labute approximate surface area is 105 Å². The highest BCUT2D eigenvalue weighted by Gasteiger charge is 2.16. The Morgan fingerprint density at radius 3 is 2.65 bits per heavy atom. The van der Waals surface area contributed by atoms with E-state index in [1.165, 1.54) is 12.1 Å². The van der Waals surface area contributed by atoms with E-state index >= 15 is 0 Å². The van der Waals surface area contributed by atoms with Crippen molar-refractivity contribution in [2.45, 2.75) is 31.7 Å². The molecule has 2 atom stereocenters. The fourth-order valence-electron chi connectivity index (χ4n) is 1.62. The number of halogens is 1. The van der Waals surface area contributed by atoms with E-state index in [2.05, 4.69) is 19.2 Å². The van der Waals surface area contributed by atoms with Crippen LogP contribution < -0.4 is 5.32 Å². The van der Waals surface area contributed by atoms with E-state index in [0.717, 1.165) is 6.54 Å². The second kappa shape index (κ2) is 6.87. The average Bonchev–Trinajstić information content (AvgIpc) is 2.28. The molecule has 2 nitrogen and oxygen atoms in total. The van der Waals surface area contributed by atoms with E-state index in [1.54, 1.807) is 12.1 Å². The van der Waals surface area contributed by atoms with Crippen LogP contribution in [0.2, 0.25) is 0 Å². The highest BCUT2D eigenvalue weighted by molar-refractivity contribution is 7.85. The van der Waals surface area contributed by atoms with Gasteiger partial charge in [0.1, 0.15) is 5.82 Å². The molecule has 17 heavy (non-hydrogen) atoms. The standard InChI is InChI=1S/C13H20FNOS/c1-4-15-13(10(2)3)9-17(16)12-7-5-6-11(14)8-12/h5-8,10,13,15H,4,9H2,1-3H3. The molecule has 0 bridgehead atoms. The highest BCUT2D eigenvalue weighted by Crippen LogP contribution is 2.12. The third-order valence-corrected chi connectivity index (χ3v) is 4.10. The maximum Gasteiger partial charge on any atom is 0.124 e. The Morgan fingerprint density at radius 2 is 2.12 bits per heavy atom. The summed E-state index contributed by atoms with van der Waals surface area (Å²) >= 11 is 0. The van der Waals surface area contributed by atoms with Gasteiger partial charge >= 0.3 is 0 Å². The largest absolute Gasteiger partial charge is 0.313 e. The highest BCUT2D eigenvalue weighted by atomic mass is 32.2. The van der Waals surface area contributed by atoms with Gasteiger partial charge < -0.3 is 5.32 Å². The molecule has 0 saturated heterocycles. The molecule has 4 heteroatoms. The molecule has 2 unspecified atom stereocenters. The van der Waals surface area contributed by atoms with Crippen molar-refractivity contribution in [2.24, 2.45) is 5.92 Å². The predicted molar refractivity (Wildman–Crippen MR) is 70.0 cm³/mol. The molecule has 0 heterocycles. The van der Waals surface area contributed by atoms with Crippen LogP contribution in [0.1, 0.15) is 20.8 Å². The van der Waals surface area contributed by atoms with Gasteiger partial charge in [0, 0.05) is 16.7 Å². The van der Waals surface area contributed by atoms with E-state index in [1.807, 2.05) is 6.92 Å². The van der Waals surface area contributed by atoms with Gasteiger partial charge in [-0.3, -0.25) is 4.21 Å². The van der Waals surface area contributed by atoms with Crippen molar-refractivity contribution < 1.29 is 8.60 Å². The molecule has 0 aliphatic rings. The van der Waals surface area contributed by atoms with Crippen molar-refractivity contribution in [1.82, 2.24) is 5.32 Å². The smallest absolute Gasteiger partial charge is 0.124 e. The number of benzene rings is 1. The minimum atomic E-state index is -1.15. The van der Waals surface area contributed by atoms with E-state index in [0.29, 0.717) is 16.6 Å². The molecule has 0 spiro atoms. The van der Waals surface area contributed by atoms with Crippen LogP contribution in [0.4, 0.5) is 4.39 Å². The van der Waals surface area contributed by atoms with Crippen LogP contribution in [0.3, 0.4) is 0 Å². The van der Waals surface area contributed by atoms with Gasteiger partial charge in [0.2, 0.25) is 0 Å². The molecular weight excluding hydrogens is 237 g/mol. The molecule has 0 aliphatic heterocycles. The van der Waals surface area contributed by atoms with E-state index < -0.39 is 10.8 Å². The quantitative estimate of drug-likeness (QED) is 0.848. The minimum Gasteiger partial charge on any atom is -0.313 e. The summed E-state index contributed by atoms with van der Waals surface area (Å²) in [7, 11) is -1.15. The summed E-state index contributed by atoms with van der Waals surface area (Å²) in [6.45, 7) is 7.07. The zero-order valence-electron chi connectivity index (χ0n) is 10.6. The van der Waals surface area contributed by atoms with Crippen LogP contribution in [0.25, 0.3) is 0 Å². The number of nitrogens with one attached hydrogen (secondary N) is 1. The SMILES string of the molecule is CCNC(CS(=O)c1cccc(F)c1)C(C)C. The van der Waals surface area contributed by atoms with Crippen molar-refractivity contribution in [3.63, 3.8) is 0 Å². The van der Waals surface area contributed by atoms with Crippen molar-refractivity contribution in [3.8, 4) is 0 Å². The molecule has 0 saturated carbocycles. The average molecular weight is 257 g/mol. The fraction of sp³-hybridized carbons (Fsp3) is 0.538.